The molecule has 1 aliphatic heterocycles. The maximum Gasteiger partial charge on any atom is 0.276 e. The number of nitrogens with one attached hydrogen (secondary N) is 1. The van der Waals surface area contributed by atoms with Crippen molar-refractivity contribution in [2.75, 3.05) is 18.8 Å². The second-order valence-electron chi connectivity index (χ2n) is 5.64. The molecule has 0 saturated carbocycles. The molecule has 2 atom stereocenters. The van der Waals surface area contributed by atoms with Crippen molar-refractivity contribution in [1.29, 1.82) is 0 Å². The van der Waals surface area contributed by atoms with Gasteiger partial charge in [0.25, 0.3) is 5.91 Å². The molecule has 106 valence electrons. The van der Waals surface area contributed by atoms with Crippen molar-refractivity contribution in [2.45, 2.75) is 39.2 Å². The number of carbonyl (C=O) groups excluding carboxylic acids is 1. The SMILES string of the molecule is CC(C)c1[nH]nc(C(=O)N2CCC(C)C(O)C2)c1N. The quantitative estimate of drug-likeness (QED) is 0.743. The third-order valence-corrected chi connectivity index (χ3v) is 3.82. The number of amides is 1. The third kappa shape index (κ3) is 2.58. The molecule has 0 aromatic carbocycles. The molecule has 0 spiro atoms. The first-order valence-electron chi connectivity index (χ1n) is 6.72. The van der Waals surface area contributed by atoms with E-state index < -0.39 is 6.10 Å². The molecule has 1 aromatic rings. The molecular formula is C13H22N4O2. The van der Waals surface area contributed by atoms with Gasteiger partial charge >= 0.3 is 0 Å². The minimum Gasteiger partial charge on any atom is -0.395 e. The first-order chi connectivity index (χ1) is 8.91. The van der Waals surface area contributed by atoms with E-state index >= 15 is 0 Å². The number of hydrogen-bond donors (Lipinski definition) is 3. The lowest BCUT2D eigenvalue weighted by molar-refractivity contribution is 0.0246. The van der Waals surface area contributed by atoms with Crippen LogP contribution >= 0.6 is 0 Å². The molecule has 1 amide bonds. The molecule has 6 heteroatoms. The van der Waals surface area contributed by atoms with E-state index in [0.717, 1.165) is 12.1 Å². The van der Waals surface area contributed by atoms with Crippen molar-refractivity contribution < 1.29 is 9.90 Å². The average molecular weight is 266 g/mol. The zero-order chi connectivity index (χ0) is 14.2. The molecule has 0 radical (unpaired) electrons. The van der Waals surface area contributed by atoms with Crippen molar-refractivity contribution in [3.05, 3.63) is 11.4 Å². The Bertz CT molecular complexity index is 469. The number of nitrogens with zero attached hydrogens (tertiary/aromatic N) is 2. The van der Waals surface area contributed by atoms with Gasteiger partial charge in [0, 0.05) is 13.1 Å². The van der Waals surface area contributed by atoms with Crippen LogP contribution in [0.25, 0.3) is 0 Å². The van der Waals surface area contributed by atoms with Crippen molar-refractivity contribution in [3.63, 3.8) is 0 Å². The summed E-state index contributed by atoms with van der Waals surface area (Å²) >= 11 is 0. The van der Waals surface area contributed by atoms with Crippen LogP contribution < -0.4 is 5.73 Å². The van der Waals surface area contributed by atoms with Crippen molar-refractivity contribution in [2.24, 2.45) is 5.92 Å². The van der Waals surface area contributed by atoms with E-state index in [1.165, 1.54) is 0 Å². The van der Waals surface area contributed by atoms with Gasteiger partial charge in [-0.05, 0) is 18.3 Å². The van der Waals surface area contributed by atoms with Crippen LogP contribution in [0.5, 0.6) is 0 Å². The van der Waals surface area contributed by atoms with E-state index in [4.69, 9.17) is 5.73 Å². The Balaban J connectivity index is 2.16. The van der Waals surface area contributed by atoms with Gasteiger partial charge in [0.2, 0.25) is 0 Å². The Morgan fingerprint density at radius 3 is 2.79 bits per heavy atom. The highest BCUT2D eigenvalue weighted by Crippen LogP contribution is 2.25. The second kappa shape index (κ2) is 5.21. The van der Waals surface area contributed by atoms with Crippen LogP contribution in [0.3, 0.4) is 0 Å². The number of β-amino-alcohol motifs (C(OH)–C–C–N with tert-alkyl or cyclic N) is 1. The number of likely N-dealkylation sites (tertiary alicyclic amines) is 1. The lowest BCUT2D eigenvalue weighted by Gasteiger charge is -2.33. The van der Waals surface area contributed by atoms with Gasteiger partial charge < -0.3 is 15.7 Å². The largest absolute Gasteiger partial charge is 0.395 e. The minimum absolute atomic E-state index is 0.195. The van der Waals surface area contributed by atoms with Crippen LogP contribution in [-0.2, 0) is 0 Å². The van der Waals surface area contributed by atoms with Gasteiger partial charge in [-0.1, -0.05) is 20.8 Å². The van der Waals surface area contributed by atoms with E-state index in [-0.39, 0.29) is 23.4 Å². The number of aliphatic hydroxyl groups excluding tert-OH is 1. The number of piperidine rings is 1. The lowest BCUT2D eigenvalue weighted by atomic mass is 9.96. The van der Waals surface area contributed by atoms with Crippen LogP contribution in [-0.4, -0.2) is 45.3 Å². The molecule has 1 saturated heterocycles. The molecule has 0 bridgehead atoms. The molecule has 2 heterocycles. The Kier molecular flexibility index (Phi) is 3.80. The van der Waals surface area contributed by atoms with Gasteiger partial charge in [-0.3, -0.25) is 9.89 Å². The summed E-state index contributed by atoms with van der Waals surface area (Å²) in [6.07, 6.45) is 0.330. The number of aromatic amines is 1. The molecule has 0 aliphatic carbocycles. The Labute approximate surface area is 113 Å². The monoisotopic (exact) mass is 266 g/mol. The molecular weight excluding hydrogens is 244 g/mol. The fourth-order valence-electron chi connectivity index (χ4n) is 2.35. The van der Waals surface area contributed by atoms with E-state index in [0.29, 0.717) is 18.8 Å². The summed E-state index contributed by atoms with van der Waals surface area (Å²) in [5.41, 5.74) is 7.45. The van der Waals surface area contributed by atoms with Crippen LogP contribution in [0.1, 0.15) is 49.3 Å². The third-order valence-electron chi connectivity index (χ3n) is 3.82. The maximum atomic E-state index is 12.4. The number of rotatable bonds is 2. The molecule has 2 rings (SSSR count). The maximum absolute atomic E-state index is 12.4. The summed E-state index contributed by atoms with van der Waals surface area (Å²) < 4.78 is 0. The fourth-order valence-corrected chi connectivity index (χ4v) is 2.35. The zero-order valence-electron chi connectivity index (χ0n) is 11.7. The summed E-state index contributed by atoms with van der Waals surface area (Å²) in [4.78, 5) is 14.0. The van der Waals surface area contributed by atoms with Gasteiger partial charge in [-0.25, -0.2) is 0 Å². The average Bonchev–Trinajstić information content (AvgIpc) is 2.74. The molecule has 4 N–H and O–H groups in total. The smallest absolute Gasteiger partial charge is 0.276 e. The zero-order valence-corrected chi connectivity index (χ0v) is 11.7. The number of aromatic nitrogens is 2. The second-order valence-corrected chi connectivity index (χ2v) is 5.64. The number of H-pyrrole nitrogens is 1. The summed E-state index contributed by atoms with van der Waals surface area (Å²) in [7, 11) is 0. The number of nitrogen functional groups attached to an aromatic ring is 1. The van der Waals surface area contributed by atoms with Crippen molar-refractivity contribution in [1.82, 2.24) is 15.1 Å². The number of aliphatic hydroxyl groups is 1. The molecule has 2 unspecified atom stereocenters. The summed E-state index contributed by atoms with van der Waals surface area (Å²) in [5.74, 6) is 0.222. The summed E-state index contributed by atoms with van der Waals surface area (Å²) in [6, 6.07) is 0. The number of hydrogen-bond acceptors (Lipinski definition) is 4. The van der Waals surface area contributed by atoms with E-state index in [2.05, 4.69) is 10.2 Å². The van der Waals surface area contributed by atoms with Gasteiger partial charge in [-0.15, -0.1) is 0 Å². The topological polar surface area (TPSA) is 95.2 Å². The van der Waals surface area contributed by atoms with E-state index in [1.54, 1.807) is 4.90 Å². The first kappa shape index (κ1) is 13.9. The van der Waals surface area contributed by atoms with Gasteiger partial charge in [0.1, 0.15) is 0 Å². The van der Waals surface area contributed by atoms with Crippen molar-refractivity contribution >= 4 is 11.6 Å². The van der Waals surface area contributed by atoms with Gasteiger partial charge in [0.05, 0.1) is 17.5 Å². The molecule has 1 aromatic heterocycles. The molecule has 6 nitrogen and oxygen atoms in total. The standard InChI is InChI=1S/C13H22N4O2/c1-7(2)11-10(14)12(16-15-11)13(19)17-5-4-8(3)9(18)6-17/h7-9,18H,4-6,14H2,1-3H3,(H,15,16). The van der Waals surface area contributed by atoms with Crippen LogP contribution in [0.2, 0.25) is 0 Å². The van der Waals surface area contributed by atoms with Gasteiger partial charge in [-0.2, -0.15) is 5.10 Å². The predicted molar refractivity (Wildman–Crippen MR) is 72.8 cm³/mol. The Morgan fingerprint density at radius 1 is 1.58 bits per heavy atom. The van der Waals surface area contributed by atoms with Crippen LogP contribution in [0.15, 0.2) is 0 Å². The highest BCUT2D eigenvalue weighted by Gasteiger charge is 2.30. The highest BCUT2D eigenvalue weighted by molar-refractivity contribution is 5.97. The van der Waals surface area contributed by atoms with Gasteiger partial charge in [0.15, 0.2) is 5.69 Å². The first-order valence-corrected chi connectivity index (χ1v) is 6.72. The minimum atomic E-state index is -0.470. The number of carbonyl (C=O) groups is 1. The summed E-state index contributed by atoms with van der Waals surface area (Å²) in [6.45, 7) is 6.96. The lowest BCUT2D eigenvalue weighted by Crippen LogP contribution is -2.46. The normalized spacial score (nSPS) is 23.9. The number of anilines is 1. The predicted octanol–water partition coefficient (Wildman–Crippen LogP) is 0.958. The van der Waals surface area contributed by atoms with Crippen LogP contribution in [0.4, 0.5) is 5.69 Å². The number of nitrogens with two attached hydrogens (primary N) is 1. The van der Waals surface area contributed by atoms with Crippen molar-refractivity contribution in [3.8, 4) is 0 Å². The fraction of sp³-hybridized carbons (Fsp3) is 0.692. The Morgan fingerprint density at radius 2 is 2.26 bits per heavy atom. The van der Waals surface area contributed by atoms with E-state index in [9.17, 15) is 9.90 Å². The Hall–Kier alpha value is -1.56. The molecule has 19 heavy (non-hydrogen) atoms. The van der Waals surface area contributed by atoms with E-state index in [1.807, 2.05) is 20.8 Å². The molecule has 1 fully saturated rings. The summed E-state index contributed by atoms with van der Waals surface area (Å²) in [5, 5.41) is 16.7. The molecule has 1 aliphatic rings. The van der Waals surface area contributed by atoms with Crippen LogP contribution in [0, 0.1) is 5.92 Å². The highest BCUT2D eigenvalue weighted by atomic mass is 16.3.